The van der Waals surface area contributed by atoms with Crippen LogP contribution in [0.25, 0.3) is 0 Å². The SMILES string of the molecule is CC[C@H]1C(=O)OC[C@H]1c1ccccc1. The Labute approximate surface area is 83.9 Å². The third-order valence-electron chi connectivity index (χ3n) is 2.86. The first-order valence-corrected chi connectivity index (χ1v) is 5.04. The van der Waals surface area contributed by atoms with Gasteiger partial charge in [-0.25, -0.2) is 0 Å². The van der Waals surface area contributed by atoms with E-state index in [4.69, 9.17) is 4.74 Å². The predicted molar refractivity (Wildman–Crippen MR) is 53.9 cm³/mol. The van der Waals surface area contributed by atoms with E-state index in [1.54, 1.807) is 0 Å². The largest absolute Gasteiger partial charge is 0.465 e. The summed E-state index contributed by atoms with van der Waals surface area (Å²) >= 11 is 0. The van der Waals surface area contributed by atoms with Crippen molar-refractivity contribution in [3.63, 3.8) is 0 Å². The standard InChI is InChI=1S/C12H14O2/c1-2-10-11(8-14-12(10)13)9-6-4-3-5-7-9/h3-7,10-11H,2,8H2,1H3/t10-,11+/m1/s1. The summed E-state index contributed by atoms with van der Waals surface area (Å²) in [6.45, 7) is 2.58. The lowest BCUT2D eigenvalue weighted by Gasteiger charge is -2.12. The average molecular weight is 190 g/mol. The zero-order valence-corrected chi connectivity index (χ0v) is 8.27. The van der Waals surface area contributed by atoms with E-state index in [0.717, 1.165) is 6.42 Å². The van der Waals surface area contributed by atoms with E-state index >= 15 is 0 Å². The van der Waals surface area contributed by atoms with Gasteiger partial charge in [0.05, 0.1) is 12.5 Å². The molecule has 0 unspecified atom stereocenters. The van der Waals surface area contributed by atoms with Crippen LogP contribution in [-0.2, 0) is 9.53 Å². The van der Waals surface area contributed by atoms with Gasteiger partial charge in [-0.2, -0.15) is 0 Å². The van der Waals surface area contributed by atoms with Crippen LogP contribution in [0.15, 0.2) is 30.3 Å². The van der Waals surface area contributed by atoms with Crippen molar-refractivity contribution in [2.45, 2.75) is 19.3 Å². The monoisotopic (exact) mass is 190 g/mol. The molecular weight excluding hydrogens is 176 g/mol. The number of carbonyl (C=O) groups is 1. The molecule has 1 heterocycles. The van der Waals surface area contributed by atoms with E-state index in [1.807, 2.05) is 25.1 Å². The number of hydrogen-bond donors (Lipinski definition) is 0. The molecule has 0 amide bonds. The van der Waals surface area contributed by atoms with Crippen LogP contribution in [0.5, 0.6) is 0 Å². The molecule has 0 N–H and O–H groups in total. The highest BCUT2D eigenvalue weighted by molar-refractivity contribution is 5.76. The number of hydrogen-bond acceptors (Lipinski definition) is 2. The first-order valence-electron chi connectivity index (χ1n) is 5.04. The van der Waals surface area contributed by atoms with Crippen molar-refractivity contribution < 1.29 is 9.53 Å². The maximum Gasteiger partial charge on any atom is 0.309 e. The number of rotatable bonds is 2. The zero-order chi connectivity index (χ0) is 9.97. The second-order valence-corrected chi connectivity index (χ2v) is 3.66. The van der Waals surface area contributed by atoms with Gasteiger partial charge in [0.1, 0.15) is 0 Å². The maximum atomic E-state index is 11.4. The Hall–Kier alpha value is -1.31. The van der Waals surface area contributed by atoms with Crippen molar-refractivity contribution in [3.05, 3.63) is 35.9 Å². The van der Waals surface area contributed by atoms with Crippen LogP contribution in [0.3, 0.4) is 0 Å². The van der Waals surface area contributed by atoms with Gasteiger partial charge in [-0.15, -0.1) is 0 Å². The fourth-order valence-electron chi connectivity index (χ4n) is 2.04. The molecule has 1 aliphatic heterocycles. The molecule has 1 aliphatic rings. The highest BCUT2D eigenvalue weighted by atomic mass is 16.5. The van der Waals surface area contributed by atoms with Gasteiger partial charge >= 0.3 is 5.97 Å². The summed E-state index contributed by atoms with van der Waals surface area (Å²) in [4.78, 5) is 11.4. The molecule has 0 bridgehead atoms. The lowest BCUT2D eigenvalue weighted by molar-refractivity contribution is -0.141. The van der Waals surface area contributed by atoms with Crippen molar-refractivity contribution in [2.24, 2.45) is 5.92 Å². The first kappa shape index (κ1) is 9.25. The molecule has 2 nitrogen and oxygen atoms in total. The Morgan fingerprint density at radius 3 is 2.71 bits per heavy atom. The fourth-order valence-corrected chi connectivity index (χ4v) is 2.04. The Bertz CT molecular complexity index is 318. The van der Waals surface area contributed by atoms with E-state index in [2.05, 4.69) is 12.1 Å². The molecule has 2 heteroatoms. The van der Waals surface area contributed by atoms with E-state index in [-0.39, 0.29) is 17.8 Å². The molecule has 2 atom stereocenters. The molecule has 1 aromatic carbocycles. The molecule has 0 aromatic heterocycles. The number of carbonyl (C=O) groups excluding carboxylic acids is 1. The van der Waals surface area contributed by atoms with Gasteiger partial charge < -0.3 is 4.74 Å². The van der Waals surface area contributed by atoms with E-state index in [9.17, 15) is 4.79 Å². The van der Waals surface area contributed by atoms with Crippen LogP contribution in [0.4, 0.5) is 0 Å². The molecule has 74 valence electrons. The maximum absolute atomic E-state index is 11.4. The van der Waals surface area contributed by atoms with E-state index in [1.165, 1.54) is 5.56 Å². The van der Waals surface area contributed by atoms with Gasteiger partial charge in [-0.05, 0) is 12.0 Å². The van der Waals surface area contributed by atoms with Gasteiger partial charge in [-0.3, -0.25) is 4.79 Å². The van der Waals surface area contributed by atoms with Gasteiger partial charge in [0, 0.05) is 5.92 Å². The van der Waals surface area contributed by atoms with E-state index < -0.39 is 0 Å². The Balaban J connectivity index is 2.23. The Morgan fingerprint density at radius 1 is 1.36 bits per heavy atom. The molecule has 2 rings (SSSR count). The minimum absolute atomic E-state index is 0.0404. The zero-order valence-electron chi connectivity index (χ0n) is 8.27. The summed E-state index contributed by atoms with van der Waals surface area (Å²) < 4.78 is 5.08. The number of ether oxygens (including phenoxy) is 1. The number of esters is 1. The summed E-state index contributed by atoms with van der Waals surface area (Å²) in [5.74, 6) is 0.271. The minimum Gasteiger partial charge on any atom is -0.465 e. The Kier molecular flexibility index (Phi) is 2.53. The van der Waals surface area contributed by atoms with Crippen LogP contribution < -0.4 is 0 Å². The van der Waals surface area contributed by atoms with Crippen LogP contribution in [0.1, 0.15) is 24.8 Å². The normalized spacial score (nSPS) is 26.2. The molecule has 0 spiro atoms. The number of cyclic esters (lactones) is 1. The minimum atomic E-state index is -0.0404. The average Bonchev–Trinajstić information content (AvgIpc) is 2.61. The summed E-state index contributed by atoms with van der Waals surface area (Å²) in [6.07, 6.45) is 0.860. The predicted octanol–water partition coefficient (Wildman–Crippen LogP) is 2.35. The molecule has 1 fully saturated rings. The molecule has 0 aliphatic carbocycles. The van der Waals surface area contributed by atoms with Crippen LogP contribution >= 0.6 is 0 Å². The highest BCUT2D eigenvalue weighted by Gasteiger charge is 2.36. The molecular formula is C12H14O2. The fraction of sp³-hybridized carbons (Fsp3) is 0.417. The van der Waals surface area contributed by atoms with Gasteiger partial charge in [0.25, 0.3) is 0 Å². The number of benzene rings is 1. The molecule has 0 saturated carbocycles. The van der Waals surface area contributed by atoms with Gasteiger partial charge in [0.15, 0.2) is 0 Å². The van der Waals surface area contributed by atoms with Gasteiger partial charge in [-0.1, -0.05) is 37.3 Å². The molecule has 0 radical (unpaired) electrons. The summed E-state index contributed by atoms with van der Waals surface area (Å²) in [6, 6.07) is 10.1. The summed E-state index contributed by atoms with van der Waals surface area (Å²) in [7, 11) is 0. The van der Waals surface area contributed by atoms with Crippen molar-refractivity contribution in [1.82, 2.24) is 0 Å². The summed E-state index contributed by atoms with van der Waals surface area (Å²) in [5.41, 5.74) is 1.21. The van der Waals surface area contributed by atoms with Gasteiger partial charge in [0.2, 0.25) is 0 Å². The van der Waals surface area contributed by atoms with Crippen LogP contribution in [-0.4, -0.2) is 12.6 Å². The van der Waals surface area contributed by atoms with Crippen molar-refractivity contribution in [2.75, 3.05) is 6.61 Å². The first-order chi connectivity index (χ1) is 6.83. The van der Waals surface area contributed by atoms with E-state index in [0.29, 0.717) is 6.61 Å². The Morgan fingerprint density at radius 2 is 2.07 bits per heavy atom. The third-order valence-corrected chi connectivity index (χ3v) is 2.86. The summed E-state index contributed by atoms with van der Waals surface area (Å²) in [5, 5.41) is 0. The molecule has 1 saturated heterocycles. The van der Waals surface area contributed by atoms with Crippen molar-refractivity contribution in [1.29, 1.82) is 0 Å². The van der Waals surface area contributed by atoms with Crippen molar-refractivity contribution >= 4 is 5.97 Å². The topological polar surface area (TPSA) is 26.3 Å². The quantitative estimate of drug-likeness (QED) is 0.669. The van der Waals surface area contributed by atoms with Crippen LogP contribution in [0, 0.1) is 5.92 Å². The highest BCUT2D eigenvalue weighted by Crippen LogP contribution is 2.33. The lowest BCUT2D eigenvalue weighted by atomic mass is 9.87. The smallest absolute Gasteiger partial charge is 0.309 e. The second kappa shape index (κ2) is 3.82. The third kappa shape index (κ3) is 1.52. The van der Waals surface area contributed by atoms with Crippen LogP contribution in [0.2, 0.25) is 0 Å². The molecule has 14 heavy (non-hydrogen) atoms. The molecule has 1 aromatic rings. The second-order valence-electron chi connectivity index (χ2n) is 3.66. The lowest BCUT2D eigenvalue weighted by Crippen LogP contribution is -2.13. The van der Waals surface area contributed by atoms with Crippen molar-refractivity contribution in [3.8, 4) is 0 Å².